The van der Waals surface area contributed by atoms with E-state index in [1.807, 2.05) is 26.2 Å². The number of rotatable bonds is 4. The molecule has 2 heterocycles. The van der Waals surface area contributed by atoms with E-state index in [1.165, 1.54) is 11.3 Å². The molecule has 0 radical (unpaired) electrons. The second-order valence-electron chi connectivity index (χ2n) is 6.62. The topological polar surface area (TPSA) is 83.1 Å². The highest BCUT2D eigenvalue weighted by Gasteiger charge is 2.22. The molecule has 1 aliphatic heterocycles. The van der Waals surface area contributed by atoms with Gasteiger partial charge in [0.2, 0.25) is 11.8 Å². The smallest absolute Gasteiger partial charge is 0.231 e. The summed E-state index contributed by atoms with van der Waals surface area (Å²) in [6.07, 6.45) is 2.19. The minimum Gasteiger partial charge on any atom is -0.353 e. The van der Waals surface area contributed by atoms with Crippen LogP contribution in [0.25, 0.3) is 0 Å². The molecule has 1 aromatic heterocycles. The molecule has 6 nitrogen and oxygen atoms in total. The second-order valence-corrected chi connectivity index (χ2v) is 7.47. The summed E-state index contributed by atoms with van der Waals surface area (Å²) in [5.74, 6) is -0.0848. The normalized spacial score (nSPS) is 16.3. The van der Waals surface area contributed by atoms with Crippen LogP contribution in [0.3, 0.4) is 0 Å². The monoisotopic (exact) mass is 324 g/mol. The van der Waals surface area contributed by atoms with Gasteiger partial charge in [0.05, 0.1) is 12.1 Å². The molecule has 7 heteroatoms. The van der Waals surface area contributed by atoms with Crippen LogP contribution in [-0.4, -0.2) is 35.9 Å². The third-order valence-electron chi connectivity index (χ3n) is 3.50. The van der Waals surface area contributed by atoms with Crippen molar-refractivity contribution >= 4 is 28.3 Å². The molecule has 0 saturated carbocycles. The van der Waals surface area contributed by atoms with E-state index in [4.69, 9.17) is 0 Å². The molecule has 1 aromatic rings. The molecular formula is C15H24N4O2S. The van der Waals surface area contributed by atoms with Crippen molar-refractivity contribution in [2.24, 2.45) is 5.41 Å². The molecule has 0 aromatic carbocycles. The number of carbonyl (C=O) groups is 2. The number of hydrogen-bond donors (Lipinski definition) is 3. The Hall–Kier alpha value is -1.47. The SMILES string of the molecule is CC(C)(C)C(=O)Nc1nc(CC(=O)NC2CCNCC2)cs1. The Kier molecular flexibility index (Phi) is 5.52. The number of nitrogens with zero attached hydrogens (tertiary/aromatic N) is 1. The zero-order valence-electron chi connectivity index (χ0n) is 13.4. The minimum absolute atomic E-state index is 0.00843. The van der Waals surface area contributed by atoms with E-state index in [9.17, 15) is 9.59 Å². The number of anilines is 1. The van der Waals surface area contributed by atoms with Gasteiger partial charge in [-0.1, -0.05) is 20.8 Å². The fourth-order valence-electron chi connectivity index (χ4n) is 2.14. The van der Waals surface area contributed by atoms with Gasteiger partial charge in [-0.05, 0) is 25.9 Å². The predicted molar refractivity (Wildman–Crippen MR) is 87.9 cm³/mol. The van der Waals surface area contributed by atoms with E-state index in [0.29, 0.717) is 10.8 Å². The average Bonchev–Trinajstić information content (AvgIpc) is 2.85. The number of amides is 2. The lowest BCUT2D eigenvalue weighted by Crippen LogP contribution is -2.43. The summed E-state index contributed by atoms with van der Waals surface area (Å²) in [7, 11) is 0. The molecule has 3 N–H and O–H groups in total. The van der Waals surface area contributed by atoms with Crippen molar-refractivity contribution in [1.82, 2.24) is 15.6 Å². The number of aromatic nitrogens is 1. The Morgan fingerprint density at radius 3 is 2.68 bits per heavy atom. The van der Waals surface area contributed by atoms with E-state index in [1.54, 1.807) is 0 Å². The summed E-state index contributed by atoms with van der Waals surface area (Å²) >= 11 is 1.35. The van der Waals surface area contributed by atoms with Gasteiger partial charge in [-0.25, -0.2) is 4.98 Å². The second kappa shape index (κ2) is 7.19. The summed E-state index contributed by atoms with van der Waals surface area (Å²) in [6.45, 7) is 7.45. The first kappa shape index (κ1) is 16.9. The van der Waals surface area contributed by atoms with Gasteiger partial charge in [-0.2, -0.15) is 0 Å². The van der Waals surface area contributed by atoms with Crippen molar-refractivity contribution in [3.8, 4) is 0 Å². The summed E-state index contributed by atoms with van der Waals surface area (Å²) in [4.78, 5) is 28.2. The fourth-order valence-corrected chi connectivity index (χ4v) is 2.84. The molecule has 0 spiro atoms. The zero-order valence-corrected chi connectivity index (χ0v) is 14.2. The van der Waals surface area contributed by atoms with Crippen LogP contribution in [0.2, 0.25) is 0 Å². The molecule has 1 saturated heterocycles. The van der Waals surface area contributed by atoms with Crippen molar-refractivity contribution in [3.05, 3.63) is 11.1 Å². The lowest BCUT2D eigenvalue weighted by atomic mass is 9.96. The number of carbonyl (C=O) groups excluding carboxylic acids is 2. The molecule has 0 unspecified atom stereocenters. The van der Waals surface area contributed by atoms with Crippen LogP contribution >= 0.6 is 11.3 Å². The predicted octanol–water partition coefficient (Wildman–Crippen LogP) is 1.54. The average molecular weight is 324 g/mol. The maximum Gasteiger partial charge on any atom is 0.231 e. The molecule has 122 valence electrons. The van der Waals surface area contributed by atoms with Gasteiger partial charge in [0, 0.05) is 16.8 Å². The maximum absolute atomic E-state index is 12.0. The molecule has 0 aliphatic carbocycles. The Labute approximate surface area is 135 Å². The van der Waals surface area contributed by atoms with Gasteiger partial charge in [-0.15, -0.1) is 11.3 Å². The largest absolute Gasteiger partial charge is 0.353 e. The molecule has 1 aliphatic rings. The first-order valence-corrected chi connectivity index (χ1v) is 8.48. The molecule has 1 fully saturated rings. The minimum atomic E-state index is -0.460. The molecule has 2 amide bonds. The number of hydrogen-bond acceptors (Lipinski definition) is 5. The van der Waals surface area contributed by atoms with Crippen molar-refractivity contribution in [2.75, 3.05) is 18.4 Å². The highest BCUT2D eigenvalue weighted by molar-refractivity contribution is 7.13. The summed E-state index contributed by atoms with van der Waals surface area (Å²) < 4.78 is 0. The number of piperidine rings is 1. The quantitative estimate of drug-likeness (QED) is 0.784. The van der Waals surface area contributed by atoms with Crippen molar-refractivity contribution < 1.29 is 9.59 Å². The molecular weight excluding hydrogens is 300 g/mol. The lowest BCUT2D eigenvalue weighted by molar-refractivity contribution is -0.123. The van der Waals surface area contributed by atoms with Gasteiger partial charge in [0.1, 0.15) is 0 Å². The van der Waals surface area contributed by atoms with Crippen LogP contribution in [0.15, 0.2) is 5.38 Å². The highest BCUT2D eigenvalue weighted by Crippen LogP contribution is 2.20. The van der Waals surface area contributed by atoms with Gasteiger partial charge in [-0.3, -0.25) is 9.59 Å². The Bertz CT molecular complexity index is 530. The van der Waals surface area contributed by atoms with E-state index in [0.717, 1.165) is 25.9 Å². The Balaban J connectivity index is 1.83. The van der Waals surface area contributed by atoms with Gasteiger partial charge < -0.3 is 16.0 Å². The van der Waals surface area contributed by atoms with Crippen LogP contribution in [0.1, 0.15) is 39.3 Å². The van der Waals surface area contributed by atoms with Crippen LogP contribution in [0.4, 0.5) is 5.13 Å². The van der Waals surface area contributed by atoms with Crippen LogP contribution in [0.5, 0.6) is 0 Å². The van der Waals surface area contributed by atoms with Gasteiger partial charge >= 0.3 is 0 Å². The van der Waals surface area contributed by atoms with E-state index >= 15 is 0 Å². The first-order chi connectivity index (χ1) is 10.3. The third-order valence-corrected chi connectivity index (χ3v) is 4.31. The summed E-state index contributed by atoms with van der Waals surface area (Å²) in [5, 5.41) is 11.5. The van der Waals surface area contributed by atoms with Crippen molar-refractivity contribution in [1.29, 1.82) is 0 Å². The molecule has 2 rings (SSSR count). The summed E-state index contributed by atoms with van der Waals surface area (Å²) in [6, 6.07) is 0.257. The number of nitrogens with one attached hydrogen (secondary N) is 3. The highest BCUT2D eigenvalue weighted by atomic mass is 32.1. The Morgan fingerprint density at radius 1 is 1.36 bits per heavy atom. The fraction of sp³-hybridized carbons (Fsp3) is 0.667. The summed E-state index contributed by atoms with van der Waals surface area (Å²) in [5.41, 5.74) is 0.235. The van der Waals surface area contributed by atoms with Crippen molar-refractivity contribution in [3.63, 3.8) is 0 Å². The molecule has 0 bridgehead atoms. The van der Waals surface area contributed by atoms with E-state index in [-0.39, 0.29) is 24.3 Å². The Morgan fingerprint density at radius 2 is 2.05 bits per heavy atom. The van der Waals surface area contributed by atoms with Crippen LogP contribution < -0.4 is 16.0 Å². The van der Waals surface area contributed by atoms with Crippen LogP contribution in [-0.2, 0) is 16.0 Å². The van der Waals surface area contributed by atoms with Crippen molar-refractivity contribution in [2.45, 2.75) is 46.1 Å². The van der Waals surface area contributed by atoms with E-state index in [2.05, 4.69) is 20.9 Å². The van der Waals surface area contributed by atoms with Gasteiger partial charge in [0.15, 0.2) is 5.13 Å². The first-order valence-electron chi connectivity index (χ1n) is 7.60. The maximum atomic E-state index is 12.0. The third kappa shape index (κ3) is 5.06. The van der Waals surface area contributed by atoms with Crippen LogP contribution in [0, 0.1) is 5.41 Å². The standard InChI is InChI=1S/C15H24N4O2S/c1-15(2,3)13(21)19-14-18-11(9-22-14)8-12(20)17-10-4-6-16-7-5-10/h9-10,16H,4-8H2,1-3H3,(H,17,20)(H,18,19,21). The van der Waals surface area contributed by atoms with Gasteiger partial charge in [0.25, 0.3) is 0 Å². The lowest BCUT2D eigenvalue weighted by Gasteiger charge is -2.23. The zero-order chi connectivity index (χ0) is 16.2. The molecule has 0 atom stereocenters. The van der Waals surface area contributed by atoms with E-state index < -0.39 is 5.41 Å². The number of thiazole rings is 1. The molecule has 22 heavy (non-hydrogen) atoms.